The van der Waals surface area contributed by atoms with Gasteiger partial charge in [-0.1, -0.05) is 0 Å². The minimum atomic E-state index is -4.02. The summed E-state index contributed by atoms with van der Waals surface area (Å²) in [7, 11) is -4.02. The topological polar surface area (TPSA) is 139 Å². The third-order valence-corrected chi connectivity index (χ3v) is 3.07. The van der Waals surface area contributed by atoms with Crippen molar-refractivity contribution >= 4 is 34.6 Å². The second kappa shape index (κ2) is 8.29. The van der Waals surface area contributed by atoms with E-state index >= 15 is 0 Å². The summed E-state index contributed by atoms with van der Waals surface area (Å²) in [6.45, 7) is -0.165. The minimum Gasteiger partial charge on any atom is -0.354 e. The van der Waals surface area contributed by atoms with E-state index < -0.39 is 33.7 Å². The molecule has 0 spiro atoms. The molecule has 0 heterocycles. The molecule has 10 heteroatoms. The molecule has 0 saturated heterocycles. The van der Waals surface area contributed by atoms with Crippen LogP contribution < -0.4 is 16.4 Å². The van der Waals surface area contributed by atoms with Crippen LogP contribution in [0.3, 0.4) is 0 Å². The van der Waals surface area contributed by atoms with Gasteiger partial charge in [0.15, 0.2) is 0 Å². The van der Waals surface area contributed by atoms with E-state index in [9.17, 15) is 18.0 Å². The Kier molecular flexibility index (Phi) is 7.91. The van der Waals surface area contributed by atoms with Crippen molar-refractivity contribution in [1.82, 2.24) is 10.6 Å². The Hall–Kier alpha value is -0.840. The van der Waals surface area contributed by atoms with Crippen molar-refractivity contribution in [3.8, 4) is 0 Å². The predicted molar refractivity (Wildman–Crippen MR) is 68.9 cm³/mol. The monoisotopic (exact) mass is 299 g/mol. The summed E-state index contributed by atoms with van der Waals surface area (Å²) in [6, 6.07) is -0.824. The van der Waals surface area contributed by atoms with Gasteiger partial charge < -0.3 is 16.4 Å². The van der Waals surface area contributed by atoms with Crippen LogP contribution in [0.2, 0.25) is 0 Å². The van der Waals surface area contributed by atoms with E-state index in [-0.39, 0.29) is 25.3 Å². The predicted octanol–water partition coefficient (Wildman–Crippen LogP) is -2.25. The first kappa shape index (κ1) is 17.2. The lowest BCUT2D eigenvalue weighted by molar-refractivity contribution is -0.127. The lowest BCUT2D eigenvalue weighted by Gasteiger charge is -2.15. The van der Waals surface area contributed by atoms with Crippen LogP contribution in [0.5, 0.6) is 0 Å². The molecule has 18 heavy (non-hydrogen) atoms. The van der Waals surface area contributed by atoms with E-state index in [1.807, 2.05) is 0 Å². The lowest BCUT2D eigenvalue weighted by Crippen LogP contribution is -2.49. The Labute approximate surface area is 111 Å². The van der Waals surface area contributed by atoms with Gasteiger partial charge in [0.25, 0.3) is 10.1 Å². The Morgan fingerprint density at radius 1 is 1.39 bits per heavy atom. The molecule has 0 bridgehead atoms. The highest BCUT2D eigenvalue weighted by Gasteiger charge is 2.18. The third-order valence-electron chi connectivity index (χ3n) is 1.90. The molecule has 8 nitrogen and oxygen atoms in total. The van der Waals surface area contributed by atoms with Crippen molar-refractivity contribution in [3.05, 3.63) is 0 Å². The summed E-state index contributed by atoms with van der Waals surface area (Å²) < 4.78 is 29.3. The maximum Gasteiger partial charge on any atom is 0.264 e. The van der Waals surface area contributed by atoms with Gasteiger partial charge in [0, 0.05) is 12.3 Å². The normalized spacial score (nSPS) is 12.8. The van der Waals surface area contributed by atoms with Crippen molar-refractivity contribution in [2.45, 2.75) is 12.5 Å². The number of hydrogen-bond acceptors (Lipinski definition) is 6. The molecule has 0 aromatic heterocycles. The van der Waals surface area contributed by atoms with Gasteiger partial charge in [-0.25, -0.2) is 0 Å². The van der Waals surface area contributed by atoms with Gasteiger partial charge in [0.2, 0.25) is 11.8 Å². The fourth-order valence-corrected chi connectivity index (χ4v) is 1.80. The molecule has 0 radical (unpaired) electrons. The zero-order chi connectivity index (χ0) is 14.2. The minimum absolute atomic E-state index is 0.0708. The quantitative estimate of drug-likeness (QED) is 0.195. The maximum absolute atomic E-state index is 11.5. The second-order valence-electron chi connectivity index (χ2n) is 3.44. The number of carbonyl (C=O) groups is 2. The first-order chi connectivity index (χ1) is 8.30. The standard InChI is InChI=1S/C8H17N3O5S2/c9-4-7(12)11-6(5-17)8(13)10-2-1-3-18(14,15)16/h6,17H,1-5,9H2,(H,10,13)(H,11,12)(H,14,15,16). The highest BCUT2D eigenvalue weighted by molar-refractivity contribution is 7.85. The number of hydrogen-bond donors (Lipinski definition) is 5. The summed E-state index contributed by atoms with van der Waals surface area (Å²) in [5.41, 5.74) is 5.08. The number of rotatable bonds is 8. The first-order valence-corrected chi connectivity index (χ1v) is 7.37. The molecule has 5 N–H and O–H groups in total. The molecule has 0 aliphatic carbocycles. The summed E-state index contributed by atoms with van der Waals surface area (Å²) in [5, 5.41) is 4.77. The SMILES string of the molecule is NCC(=O)NC(CS)C(=O)NCCCS(=O)(=O)O. The van der Waals surface area contributed by atoms with Crippen LogP contribution in [0.15, 0.2) is 0 Å². The van der Waals surface area contributed by atoms with Crippen LogP contribution in [0.25, 0.3) is 0 Å². The molecule has 0 rings (SSSR count). The van der Waals surface area contributed by atoms with Crippen LogP contribution >= 0.6 is 12.6 Å². The molecule has 0 aliphatic heterocycles. The van der Waals surface area contributed by atoms with Gasteiger partial charge in [-0.15, -0.1) is 0 Å². The summed E-state index contributed by atoms with van der Waals surface area (Å²) >= 11 is 3.91. The van der Waals surface area contributed by atoms with Crippen LogP contribution in [0, 0.1) is 0 Å². The van der Waals surface area contributed by atoms with E-state index in [1.165, 1.54) is 0 Å². The molecule has 106 valence electrons. The molecule has 0 aromatic rings. The van der Waals surface area contributed by atoms with Crippen LogP contribution in [0.4, 0.5) is 0 Å². The fraction of sp³-hybridized carbons (Fsp3) is 0.750. The van der Waals surface area contributed by atoms with E-state index in [1.54, 1.807) is 0 Å². The van der Waals surface area contributed by atoms with Gasteiger partial charge in [0.05, 0.1) is 12.3 Å². The van der Waals surface area contributed by atoms with Crippen LogP contribution in [-0.2, 0) is 19.7 Å². The largest absolute Gasteiger partial charge is 0.354 e. The average Bonchev–Trinajstić information content (AvgIpc) is 2.29. The Morgan fingerprint density at radius 2 is 2.00 bits per heavy atom. The Balaban J connectivity index is 4.02. The lowest BCUT2D eigenvalue weighted by atomic mass is 10.3. The summed E-state index contributed by atoms with van der Waals surface area (Å²) in [5.74, 6) is -1.31. The zero-order valence-corrected chi connectivity index (χ0v) is 11.3. The molecule has 0 aliphatic rings. The molecule has 1 atom stereocenters. The van der Waals surface area contributed by atoms with E-state index in [4.69, 9.17) is 10.3 Å². The highest BCUT2D eigenvalue weighted by Crippen LogP contribution is 1.91. The van der Waals surface area contributed by atoms with Gasteiger partial charge >= 0.3 is 0 Å². The van der Waals surface area contributed by atoms with E-state index in [0.29, 0.717) is 0 Å². The van der Waals surface area contributed by atoms with Crippen molar-refractivity contribution in [2.75, 3.05) is 24.6 Å². The molecule has 2 amide bonds. The van der Waals surface area contributed by atoms with Gasteiger partial charge in [-0.2, -0.15) is 21.0 Å². The maximum atomic E-state index is 11.5. The number of carbonyl (C=O) groups excluding carboxylic acids is 2. The van der Waals surface area contributed by atoms with Crippen LogP contribution in [0.1, 0.15) is 6.42 Å². The second-order valence-corrected chi connectivity index (χ2v) is 5.37. The molecule has 1 unspecified atom stereocenters. The number of thiol groups is 1. The van der Waals surface area contributed by atoms with Gasteiger partial charge in [0.1, 0.15) is 6.04 Å². The summed E-state index contributed by atoms with van der Waals surface area (Å²) in [6.07, 6.45) is 0.0781. The average molecular weight is 299 g/mol. The molecular formula is C8H17N3O5S2. The summed E-state index contributed by atoms with van der Waals surface area (Å²) in [4.78, 5) is 22.5. The number of nitrogens with one attached hydrogen (secondary N) is 2. The third kappa shape index (κ3) is 8.28. The highest BCUT2D eigenvalue weighted by atomic mass is 32.2. The van der Waals surface area contributed by atoms with Crippen molar-refractivity contribution in [2.24, 2.45) is 5.73 Å². The molecule has 0 saturated carbocycles. The molecule has 0 aromatic carbocycles. The molecular weight excluding hydrogens is 282 g/mol. The number of amides is 2. The van der Waals surface area contributed by atoms with Gasteiger partial charge in [-0.3, -0.25) is 14.1 Å². The zero-order valence-electron chi connectivity index (χ0n) is 9.63. The van der Waals surface area contributed by atoms with Crippen LogP contribution in [-0.4, -0.2) is 55.4 Å². The van der Waals surface area contributed by atoms with E-state index in [0.717, 1.165) is 0 Å². The fourth-order valence-electron chi connectivity index (χ4n) is 1.04. The van der Waals surface area contributed by atoms with Gasteiger partial charge in [-0.05, 0) is 6.42 Å². The molecule has 0 fully saturated rings. The van der Waals surface area contributed by atoms with E-state index in [2.05, 4.69) is 23.3 Å². The first-order valence-electron chi connectivity index (χ1n) is 5.13. The Bertz CT molecular complexity index is 384. The smallest absolute Gasteiger partial charge is 0.264 e. The Morgan fingerprint density at radius 3 is 2.44 bits per heavy atom. The van der Waals surface area contributed by atoms with Crippen molar-refractivity contribution in [3.63, 3.8) is 0 Å². The number of nitrogens with two attached hydrogens (primary N) is 1. The van der Waals surface area contributed by atoms with Crippen molar-refractivity contribution in [1.29, 1.82) is 0 Å². The van der Waals surface area contributed by atoms with Crippen molar-refractivity contribution < 1.29 is 22.6 Å².